The Morgan fingerprint density at radius 3 is 2.40 bits per heavy atom. The lowest BCUT2D eigenvalue weighted by molar-refractivity contribution is -0.168. The fourth-order valence-corrected chi connectivity index (χ4v) is 2.33. The van der Waals surface area contributed by atoms with Gasteiger partial charge in [-0.15, -0.1) is 0 Å². The van der Waals surface area contributed by atoms with E-state index in [1.54, 1.807) is 0 Å². The first-order chi connectivity index (χ1) is 9.15. The van der Waals surface area contributed by atoms with Crippen LogP contribution < -0.4 is 0 Å². The Morgan fingerprint density at radius 1 is 1.30 bits per heavy atom. The van der Waals surface area contributed by atoms with E-state index in [0.29, 0.717) is 9.26 Å². The average molecular weight is 427 g/mol. The van der Waals surface area contributed by atoms with Crippen molar-refractivity contribution in [2.45, 2.75) is 38.7 Å². The molecule has 0 aliphatic carbocycles. The van der Waals surface area contributed by atoms with Gasteiger partial charge in [0.05, 0.1) is 9.26 Å². The first kappa shape index (κ1) is 17.8. The van der Waals surface area contributed by atoms with Gasteiger partial charge in [0.15, 0.2) is 5.82 Å². The van der Waals surface area contributed by atoms with Crippen molar-refractivity contribution < 1.29 is 22.3 Å². The molecule has 0 fully saturated rings. The molecule has 3 nitrogen and oxygen atoms in total. The highest BCUT2D eigenvalue weighted by Crippen LogP contribution is 2.26. The molecule has 0 aliphatic heterocycles. The molecule has 0 aromatic carbocycles. The molecule has 1 aromatic heterocycles. The largest absolute Gasteiger partial charge is 0.367 e. The van der Waals surface area contributed by atoms with Crippen molar-refractivity contribution >= 4 is 34.2 Å². The summed E-state index contributed by atoms with van der Waals surface area (Å²) in [5.74, 6) is -4.04. The standard InChI is InChI=1S/C11H12ClF4IN2O/c1-5(2)8-7(17)9(12)19-6(18-8)3-20-4-11(15,16)10(13)14/h5,10H,3-4H2,1-2H3. The minimum atomic E-state index is -4.19. The van der Waals surface area contributed by atoms with Gasteiger partial charge in [0.1, 0.15) is 18.4 Å². The third kappa shape index (κ3) is 4.66. The zero-order chi connectivity index (χ0) is 15.5. The molecule has 1 rings (SSSR count). The second-order valence-electron chi connectivity index (χ2n) is 4.34. The third-order valence-corrected chi connectivity index (χ3v) is 3.93. The van der Waals surface area contributed by atoms with Crippen molar-refractivity contribution in [3.63, 3.8) is 0 Å². The molecule has 0 spiro atoms. The van der Waals surface area contributed by atoms with Gasteiger partial charge in [0, 0.05) is 0 Å². The summed E-state index contributed by atoms with van der Waals surface area (Å²) >= 11 is 7.88. The Morgan fingerprint density at radius 2 is 1.90 bits per heavy atom. The highest BCUT2D eigenvalue weighted by atomic mass is 127. The number of hydrogen-bond donors (Lipinski definition) is 0. The van der Waals surface area contributed by atoms with Gasteiger partial charge in [-0.25, -0.2) is 18.7 Å². The first-order valence-electron chi connectivity index (χ1n) is 5.60. The molecule has 0 saturated carbocycles. The molecule has 0 bridgehead atoms. The highest BCUT2D eigenvalue weighted by molar-refractivity contribution is 14.1. The molecule has 1 aromatic rings. The number of rotatable bonds is 6. The van der Waals surface area contributed by atoms with E-state index in [1.165, 1.54) is 0 Å². The predicted octanol–water partition coefficient (Wildman–Crippen LogP) is 4.28. The van der Waals surface area contributed by atoms with E-state index in [9.17, 15) is 17.6 Å². The predicted molar refractivity (Wildman–Crippen MR) is 74.5 cm³/mol. The van der Waals surface area contributed by atoms with Crippen molar-refractivity contribution in [1.82, 2.24) is 9.97 Å². The summed E-state index contributed by atoms with van der Waals surface area (Å²) in [5, 5.41) is 0.184. The fraction of sp³-hybridized carbons (Fsp3) is 0.636. The van der Waals surface area contributed by atoms with Gasteiger partial charge >= 0.3 is 12.3 Å². The number of alkyl halides is 4. The van der Waals surface area contributed by atoms with Crippen LogP contribution in [0.25, 0.3) is 0 Å². The van der Waals surface area contributed by atoms with Crippen molar-refractivity contribution in [1.29, 1.82) is 0 Å². The summed E-state index contributed by atoms with van der Waals surface area (Å²) in [6, 6.07) is 0. The van der Waals surface area contributed by atoms with Crippen LogP contribution in [0.1, 0.15) is 31.3 Å². The quantitative estimate of drug-likeness (QED) is 0.387. The van der Waals surface area contributed by atoms with Gasteiger partial charge in [-0.3, -0.25) is 0 Å². The summed E-state index contributed by atoms with van der Waals surface area (Å²) in [7, 11) is 0. The van der Waals surface area contributed by atoms with Crippen molar-refractivity contribution in [3.8, 4) is 0 Å². The summed E-state index contributed by atoms with van der Waals surface area (Å²) in [5.41, 5.74) is 0.657. The normalized spacial score (nSPS) is 12.5. The zero-order valence-corrected chi connectivity index (χ0v) is 13.6. The number of halogens is 6. The molecule has 9 heteroatoms. The number of ether oxygens (including phenoxy) is 1. The van der Waals surface area contributed by atoms with Crippen LogP contribution in [0.4, 0.5) is 17.6 Å². The number of hydrogen-bond acceptors (Lipinski definition) is 3. The molecule has 20 heavy (non-hydrogen) atoms. The van der Waals surface area contributed by atoms with Crippen LogP contribution in [-0.2, 0) is 11.3 Å². The Bertz CT molecular complexity index is 474. The van der Waals surface area contributed by atoms with Crippen molar-refractivity contribution in [2.75, 3.05) is 6.61 Å². The van der Waals surface area contributed by atoms with Crippen molar-refractivity contribution in [2.24, 2.45) is 0 Å². The second kappa shape index (κ2) is 7.17. The minimum absolute atomic E-state index is 0.0589. The summed E-state index contributed by atoms with van der Waals surface area (Å²) < 4.78 is 54.4. The lowest BCUT2D eigenvalue weighted by Gasteiger charge is -2.15. The lowest BCUT2D eigenvalue weighted by atomic mass is 10.1. The van der Waals surface area contributed by atoms with E-state index >= 15 is 0 Å². The molecule has 0 radical (unpaired) electrons. The van der Waals surface area contributed by atoms with E-state index in [1.807, 2.05) is 36.4 Å². The van der Waals surface area contributed by atoms with Gasteiger partial charge < -0.3 is 4.74 Å². The molecule has 1 heterocycles. The molecule has 0 unspecified atom stereocenters. The Kier molecular flexibility index (Phi) is 6.39. The van der Waals surface area contributed by atoms with Gasteiger partial charge in [-0.05, 0) is 28.5 Å². The summed E-state index contributed by atoms with van der Waals surface area (Å²) in [6.45, 7) is 1.97. The third-order valence-electron chi connectivity index (χ3n) is 2.27. The van der Waals surface area contributed by atoms with Gasteiger partial charge in [0.25, 0.3) is 0 Å². The van der Waals surface area contributed by atoms with E-state index < -0.39 is 25.6 Å². The minimum Gasteiger partial charge on any atom is -0.367 e. The van der Waals surface area contributed by atoms with Crippen LogP contribution in [0.3, 0.4) is 0 Å². The Hall–Kier alpha value is -0.220. The van der Waals surface area contributed by atoms with Gasteiger partial charge in [-0.1, -0.05) is 25.4 Å². The van der Waals surface area contributed by atoms with E-state index in [-0.39, 0.29) is 16.9 Å². The summed E-state index contributed by atoms with van der Waals surface area (Å²) in [4.78, 5) is 8.01. The summed E-state index contributed by atoms with van der Waals surface area (Å²) in [6.07, 6.45) is -3.77. The topological polar surface area (TPSA) is 35.0 Å². The monoisotopic (exact) mass is 426 g/mol. The van der Waals surface area contributed by atoms with Crippen LogP contribution in [0.2, 0.25) is 5.15 Å². The van der Waals surface area contributed by atoms with E-state index in [2.05, 4.69) is 14.7 Å². The van der Waals surface area contributed by atoms with Crippen LogP contribution in [-0.4, -0.2) is 28.9 Å². The Balaban J connectivity index is 2.75. The maximum absolute atomic E-state index is 12.7. The molecular formula is C11H12ClF4IN2O. The molecule has 0 saturated heterocycles. The van der Waals surface area contributed by atoms with Crippen molar-refractivity contribution in [3.05, 3.63) is 20.2 Å². The maximum Gasteiger partial charge on any atom is 0.330 e. The molecule has 114 valence electrons. The fourth-order valence-electron chi connectivity index (χ4n) is 1.27. The molecule has 0 atom stereocenters. The molecule has 0 amide bonds. The van der Waals surface area contributed by atoms with E-state index in [0.717, 1.165) is 0 Å². The van der Waals surface area contributed by atoms with Gasteiger partial charge in [0.2, 0.25) is 0 Å². The van der Waals surface area contributed by atoms with Gasteiger partial charge in [-0.2, -0.15) is 8.78 Å². The second-order valence-corrected chi connectivity index (χ2v) is 5.78. The Labute approximate surface area is 132 Å². The zero-order valence-electron chi connectivity index (χ0n) is 10.6. The van der Waals surface area contributed by atoms with E-state index in [4.69, 9.17) is 11.6 Å². The molecule has 0 N–H and O–H groups in total. The molecule has 0 aliphatic rings. The lowest BCUT2D eigenvalue weighted by Crippen LogP contribution is -2.32. The number of aromatic nitrogens is 2. The van der Waals surface area contributed by atoms with Crippen LogP contribution in [0, 0.1) is 3.57 Å². The highest BCUT2D eigenvalue weighted by Gasteiger charge is 2.41. The maximum atomic E-state index is 12.7. The van der Waals surface area contributed by atoms with Crippen LogP contribution in [0.5, 0.6) is 0 Å². The van der Waals surface area contributed by atoms with Crippen LogP contribution in [0.15, 0.2) is 0 Å². The first-order valence-corrected chi connectivity index (χ1v) is 7.06. The smallest absolute Gasteiger partial charge is 0.330 e. The molecular weight excluding hydrogens is 414 g/mol. The SMILES string of the molecule is CC(C)c1nc(COCC(F)(F)C(F)F)nc(Cl)c1I. The van der Waals surface area contributed by atoms with Crippen LogP contribution >= 0.6 is 34.2 Å². The average Bonchev–Trinajstić information content (AvgIpc) is 2.32. The number of nitrogens with zero attached hydrogens (tertiary/aromatic N) is 2.